The van der Waals surface area contributed by atoms with Gasteiger partial charge in [0.15, 0.2) is 0 Å². The van der Waals surface area contributed by atoms with Gasteiger partial charge >= 0.3 is 6.03 Å². The number of amides is 2. The van der Waals surface area contributed by atoms with Gasteiger partial charge in [-0.1, -0.05) is 55.7 Å². The SMILES string of the molecule is CC(=O)O.O=C(Nc1ccccc1)Nc1cccc(COCCOCCCCCCCNC[C@H](O)c2ccc(O)c(CO)c2)c1. The number of rotatable bonds is 19. The molecule has 0 heterocycles. The molecule has 0 spiro atoms. The average molecular weight is 626 g/mol. The number of hydrogen-bond donors (Lipinski definition) is 7. The highest BCUT2D eigenvalue weighted by Gasteiger charge is 2.10. The molecule has 3 rings (SSSR count). The second-order valence-electron chi connectivity index (χ2n) is 10.4. The summed E-state index contributed by atoms with van der Waals surface area (Å²) in [4.78, 5) is 21.2. The van der Waals surface area contributed by atoms with Gasteiger partial charge in [0.05, 0.1) is 32.5 Å². The van der Waals surface area contributed by atoms with Crippen molar-refractivity contribution in [3.8, 4) is 5.75 Å². The van der Waals surface area contributed by atoms with E-state index in [0.717, 1.165) is 56.8 Å². The molecule has 3 aromatic carbocycles. The fraction of sp³-hybridized carbons (Fsp3) is 0.412. The van der Waals surface area contributed by atoms with Crippen LogP contribution in [-0.4, -0.2) is 65.3 Å². The summed E-state index contributed by atoms with van der Waals surface area (Å²) in [7, 11) is 0. The monoisotopic (exact) mass is 625 g/mol. The van der Waals surface area contributed by atoms with Crippen molar-refractivity contribution in [1.82, 2.24) is 5.32 Å². The Bertz CT molecular complexity index is 1260. The molecule has 45 heavy (non-hydrogen) atoms. The first-order valence-electron chi connectivity index (χ1n) is 15.2. The number of urea groups is 1. The van der Waals surface area contributed by atoms with Gasteiger partial charge in [0.25, 0.3) is 5.97 Å². The van der Waals surface area contributed by atoms with Gasteiger partial charge in [-0.2, -0.15) is 0 Å². The summed E-state index contributed by atoms with van der Waals surface area (Å²) < 4.78 is 11.4. The van der Waals surface area contributed by atoms with E-state index in [1.165, 1.54) is 6.07 Å². The topological polar surface area (TPSA) is 170 Å². The minimum absolute atomic E-state index is 0.0363. The van der Waals surface area contributed by atoms with Crippen LogP contribution in [0.25, 0.3) is 0 Å². The van der Waals surface area contributed by atoms with Crippen molar-refractivity contribution >= 4 is 23.4 Å². The number of carbonyl (C=O) groups excluding carboxylic acids is 1. The van der Waals surface area contributed by atoms with Gasteiger partial charge < -0.3 is 45.9 Å². The largest absolute Gasteiger partial charge is 0.508 e. The molecule has 1 atom stereocenters. The zero-order valence-electron chi connectivity index (χ0n) is 25.9. The second kappa shape index (κ2) is 22.5. The number of hydrogen-bond acceptors (Lipinski definition) is 8. The lowest BCUT2D eigenvalue weighted by Gasteiger charge is -2.14. The number of carboxylic acids is 1. The zero-order chi connectivity index (χ0) is 32.7. The third kappa shape index (κ3) is 17.2. The number of aliphatic carboxylic acids is 1. The minimum atomic E-state index is -0.833. The number of anilines is 2. The van der Waals surface area contributed by atoms with E-state index in [1.54, 1.807) is 12.1 Å². The summed E-state index contributed by atoms with van der Waals surface area (Å²) in [6.07, 6.45) is 4.73. The van der Waals surface area contributed by atoms with Crippen molar-refractivity contribution in [3.05, 3.63) is 89.5 Å². The van der Waals surface area contributed by atoms with Crippen LogP contribution >= 0.6 is 0 Å². The van der Waals surface area contributed by atoms with E-state index in [0.29, 0.717) is 49.8 Å². The molecule has 0 radical (unpaired) electrons. The Kier molecular flexibility index (Phi) is 18.6. The fourth-order valence-electron chi connectivity index (χ4n) is 4.24. The molecule has 11 heteroatoms. The van der Waals surface area contributed by atoms with E-state index in [-0.39, 0.29) is 18.4 Å². The lowest BCUT2D eigenvalue weighted by Crippen LogP contribution is -2.22. The number of para-hydroxylation sites is 1. The molecule has 0 unspecified atom stereocenters. The predicted molar refractivity (Wildman–Crippen MR) is 174 cm³/mol. The molecule has 0 aliphatic heterocycles. The maximum Gasteiger partial charge on any atom is 0.323 e. The Morgan fingerprint density at radius 1 is 0.800 bits per heavy atom. The van der Waals surface area contributed by atoms with Gasteiger partial charge in [-0.25, -0.2) is 4.79 Å². The second-order valence-corrected chi connectivity index (χ2v) is 10.4. The summed E-state index contributed by atoms with van der Waals surface area (Å²) >= 11 is 0. The molecule has 0 saturated carbocycles. The van der Waals surface area contributed by atoms with Crippen LogP contribution in [0.1, 0.15) is 61.8 Å². The van der Waals surface area contributed by atoms with E-state index >= 15 is 0 Å². The van der Waals surface area contributed by atoms with Crippen LogP contribution < -0.4 is 16.0 Å². The lowest BCUT2D eigenvalue weighted by molar-refractivity contribution is -0.134. The molecule has 11 nitrogen and oxygen atoms in total. The van der Waals surface area contributed by atoms with Crippen LogP contribution in [0, 0.1) is 0 Å². The van der Waals surface area contributed by atoms with E-state index in [2.05, 4.69) is 16.0 Å². The molecular formula is C34H47N3O8. The van der Waals surface area contributed by atoms with Gasteiger partial charge in [0, 0.05) is 37.0 Å². The number of benzene rings is 3. The highest BCUT2D eigenvalue weighted by molar-refractivity contribution is 5.99. The van der Waals surface area contributed by atoms with Gasteiger partial charge in [-0.15, -0.1) is 0 Å². The Morgan fingerprint density at radius 2 is 1.47 bits per heavy atom. The van der Waals surface area contributed by atoms with Crippen molar-refractivity contribution in [3.63, 3.8) is 0 Å². The van der Waals surface area contributed by atoms with Crippen LogP contribution in [0.15, 0.2) is 72.8 Å². The molecule has 0 bridgehead atoms. The number of unbranched alkanes of at least 4 members (excludes halogenated alkanes) is 4. The van der Waals surface area contributed by atoms with Crippen molar-refractivity contribution in [1.29, 1.82) is 0 Å². The lowest BCUT2D eigenvalue weighted by atomic mass is 10.1. The van der Waals surface area contributed by atoms with Crippen LogP contribution in [0.3, 0.4) is 0 Å². The first-order chi connectivity index (χ1) is 21.8. The molecule has 0 fully saturated rings. The summed E-state index contributed by atoms with van der Waals surface area (Å²) in [5.74, 6) is -0.797. The first-order valence-corrected chi connectivity index (χ1v) is 15.2. The molecule has 0 aliphatic carbocycles. The van der Waals surface area contributed by atoms with Crippen molar-refractivity contribution in [2.45, 2.75) is 58.3 Å². The molecule has 0 saturated heterocycles. The fourth-order valence-corrected chi connectivity index (χ4v) is 4.24. The van der Waals surface area contributed by atoms with Gasteiger partial charge in [-0.3, -0.25) is 4.79 Å². The molecule has 2 amide bonds. The normalized spacial score (nSPS) is 11.3. The Balaban J connectivity index is 0.00000166. The van der Waals surface area contributed by atoms with E-state index < -0.39 is 12.1 Å². The number of carbonyl (C=O) groups is 2. The maximum atomic E-state index is 12.2. The van der Waals surface area contributed by atoms with Crippen molar-refractivity contribution in [2.24, 2.45) is 0 Å². The molecular weight excluding hydrogens is 578 g/mol. The average Bonchev–Trinajstić information content (AvgIpc) is 3.01. The Hall–Kier alpha value is -4.00. The van der Waals surface area contributed by atoms with Crippen LogP contribution in [0.5, 0.6) is 5.75 Å². The van der Waals surface area contributed by atoms with E-state index in [4.69, 9.17) is 19.4 Å². The van der Waals surface area contributed by atoms with Crippen molar-refractivity contribution < 1.29 is 39.5 Å². The van der Waals surface area contributed by atoms with E-state index in [9.17, 15) is 20.1 Å². The third-order valence-corrected chi connectivity index (χ3v) is 6.50. The summed E-state index contributed by atoms with van der Waals surface area (Å²) in [6.45, 7) is 4.30. The zero-order valence-corrected chi connectivity index (χ0v) is 25.9. The summed E-state index contributed by atoms with van der Waals surface area (Å²) in [6, 6.07) is 21.4. The Morgan fingerprint density at radius 3 is 2.22 bits per heavy atom. The highest BCUT2D eigenvalue weighted by Crippen LogP contribution is 2.22. The highest BCUT2D eigenvalue weighted by atomic mass is 16.5. The van der Waals surface area contributed by atoms with Gasteiger partial charge in [-0.05, 0) is 66.9 Å². The standard InChI is InChI=1S/C32H43N3O6.C2H4O2/c36-23-27-21-26(14-15-30(27)37)31(38)22-33-16-7-2-1-3-8-17-40-18-19-41-24-25-10-9-13-29(20-25)35-32(39)34-28-11-5-4-6-12-28;1-2(3)4/h4-6,9-15,20-21,31,33,36-38H,1-3,7-8,16-19,22-24H2,(H2,34,35,39);1H3,(H,3,4)/t31-;/m0./s1. The van der Waals surface area contributed by atoms with Crippen LogP contribution in [-0.2, 0) is 27.5 Å². The van der Waals surface area contributed by atoms with Crippen molar-refractivity contribution in [2.75, 3.05) is 43.5 Å². The number of nitrogens with one attached hydrogen (secondary N) is 3. The predicted octanol–water partition coefficient (Wildman–Crippen LogP) is 5.43. The molecule has 0 aromatic heterocycles. The molecule has 7 N–H and O–H groups in total. The molecule has 0 aliphatic rings. The van der Waals surface area contributed by atoms with Crippen LogP contribution in [0.4, 0.5) is 16.2 Å². The quantitative estimate of drug-likeness (QED) is 0.0859. The number of aromatic hydroxyl groups is 1. The number of carboxylic acid groups (broad SMARTS) is 1. The summed E-state index contributed by atoms with van der Waals surface area (Å²) in [5, 5.41) is 45.5. The minimum Gasteiger partial charge on any atom is -0.508 e. The Labute approximate surface area is 265 Å². The number of aliphatic hydroxyl groups excluding tert-OH is 2. The third-order valence-electron chi connectivity index (χ3n) is 6.50. The number of aliphatic hydroxyl groups is 2. The number of ether oxygens (including phenoxy) is 2. The molecule has 3 aromatic rings. The maximum absolute atomic E-state index is 12.2. The van der Waals surface area contributed by atoms with Gasteiger partial charge in [0.1, 0.15) is 5.75 Å². The number of phenols is 1. The summed E-state index contributed by atoms with van der Waals surface area (Å²) in [5.41, 5.74) is 3.51. The first kappa shape index (κ1) is 37.2. The van der Waals surface area contributed by atoms with Gasteiger partial charge in [0.2, 0.25) is 0 Å². The van der Waals surface area contributed by atoms with Crippen LogP contribution in [0.2, 0.25) is 0 Å². The van der Waals surface area contributed by atoms with E-state index in [1.807, 2.05) is 54.6 Å². The smallest absolute Gasteiger partial charge is 0.323 e. The molecule has 246 valence electrons.